The highest BCUT2D eigenvalue weighted by molar-refractivity contribution is 5.11. The predicted octanol–water partition coefficient (Wildman–Crippen LogP) is -0.0748. The maximum absolute atomic E-state index is 5.87. The van der Waals surface area contributed by atoms with Gasteiger partial charge >= 0.3 is 0 Å². The lowest BCUT2D eigenvalue weighted by molar-refractivity contribution is 0.0384. The van der Waals surface area contributed by atoms with Gasteiger partial charge in [-0.15, -0.1) is 0 Å². The highest BCUT2D eigenvalue weighted by atomic mass is 16.5. The average molecular weight is 364 g/mol. The summed E-state index contributed by atoms with van der Waals surface area (Å²) >= 11 is 0. The van der Waals surface area contributed by atoms with E-state index in [0.717, 1.165) is 103 Å². The standard InChI is InChI=1S/C19H33N5O2/c1-2-18-16-20-4-6-23-8-12-25-14-10-24(11-15-26-13-9-23)7-5-21-17-19(3-1)22-18/h1-3,20-21H,4-17H2. The Balaban J connectivity index is 1.63. The van der Waals surface area contributed by atoms with Crippen molar-refractivity contribution in [3.63, 3.8) is 0 Å². The average Bonchev–Trinajstić information content (AvgIpc) is 2.65. The van der Waals surface area contributed by atoms with Crippen LogP contribution in [0.15, 0.2) is 18.2 Å². The Kier molecular flexibility index (Phi) is 8.76. The van der Waals surface area contributed by atoms with Gasteiger partial charge in [-0.3, -0.25) is 14.8 Å². The van der Waals surface area contributed by atoms with Crippen LogP contribution in [-0.2, 0) is 22.6 Å². The molecule has 1 aromatic heterocycles. The van der Waals surface area contributed by atoms with Crippen LogP contribution in [0.4, 0.5) is 0 Å². The van der Waals surface area contributed by atoms with Gasteiger partial charge in [0.2, 0.25) is 0 Å². The Bertz CT molecular complexity index is 463. The van der Waals surface area contributed by atoms with E-state index in [4.69, 9.17) is 14.5 Å². The number of nitrogens with zero attached hydrogens (tertiary/aromatic N) is 3. The number of hydrogen-bond acceptors (Lipinski definition) is 7. The van der Waals surface area contributed by atoms with Crippen molar-refractivity contribution in [2.24, 2.45) is 0 Å². The molecular weight excluding hydrogens is 330 g/mol. The summed E-state index contributed by atoms with van der Waals surface area (Å²) in [6.07, 6.45) is 0. The number of ether oxygens (including phenoxy) is 2. The summed E-state index contributed by atoms with van der Waals surface area (Å²) in [6, 6.07) is 6.29. The van der Waals surface area contributed by atoms with Crippen LogP contribution in [0.5, 0.6) is 0 Å². The molecular formula is C19H33N5O2. The van der Waals surface area contributed by atoms with E-state index in [1.165, 1.54) is 0 Å². The molecule has 0 atom stereocenters. The zero-order valence-electron chi connectivity index (χ0n) is 15.8. The summed E-state index contributed by atoms with van der Waals surface area (Å²) in [5.41, 5.74) is 2.21. The molecule has 4 rings (SSSR count). The number of hydrogen-bond donors (Lipinski definition) is 2. The van der Waals surface area contributed by atoms with E-state index in [1.807, 2.05) is 0 Å². The Morgan fingerprint density at radius 2 is 1.15 bits per heavy atom. The summed E-state index contributed by atoms with van der Waals surface area (Å²) in [4.78, 5) is 9.59. The molecule has 0 spiro atoms. The fraction of sp³-hybridized carbons (Fsp3) is 0.737. The molecule has 0 unspecified atom stereocenters. The molecule has 0 aliphatic carbocycles. The van der Waals surface area contributed by atoms with Crippen LogP contribution >= 0.6 is 0 Å². The smallest absolute Gasteiger partial charge is 0.0594 e. The zero-order chi connectivity index (χ0) is 17.9. The molecule has 4 heterocycles. The minimum Gasteiger partial charge on any atom is -0.379 e. The molecule has 26 heavy (non-hydrogen) atoms. The lowest BCUT2D eigenvalue weighted by atomic mass is 10.3. The zero-order valence-corrected chi connectivity index (χ0v) is 15.8. The molecule has 0 saturated carbocycles. The van der Waals surface area contributed by atoms with Crippen LogP contribution in [-0.4, -0.2) is 93.6 Å². The van der Waals surface area contributed by atoms with Crippen LogP contribution in [0.2, 0.25) is 0 Å². The summed E-state index contributed by atoms with van der Waals surface area (Å²) in [6.45, 7) is 12.5. The van der Waals surface area contributed by atoms with E-state index in [9.17, 15) is 0 Å². The number of fused-ring (bicyclic) bond motifs is 14. The predicted molar refractivity (Wildman–Crippen MR) is 102 cm³/mol. The maximum Gasteiger partial charge on any atom is 0.0594 e. The Hall–Kier alpha value is -1.09. The first-order valence-corrected chi connectivity index (χ1v) is 9.86. The van der Waals surface area contributed by atoms with E-state index in [2.05, 4.69) is 38.6 Å². The van der Waals surface area contributed by atoms with Gasteiger partial charge in [-0.2, -0.15) is 0 Å². The van der Waals surface area contributed by atoms with Crippen molar-refractivity contribution >= 4 is 0 Å². The van der Waals surface area contributed by atoms with Gasteiger partial charge in [-0.25, -0.2) is 0 Å². The molecule has 7 heteroatoms. The summed E-state index contributed by atoms with van der Waals surface area (Å²) < 4.78 is 11.7. The Labute approximate surface area is 157 Å². The fourth-order valence-corrected chi connectivity index (χ4v) is 3.28. The van der Waals surface area contributed by atoms with Crippen LogP contribution in [0.25, 0.3) is 0 Å². The number of pyridine rings is 1. The third-order valence-corrected chi connectivity index (χ3v) is 4.89. The van der Waals surface area contributed by atoms with E-state index in [-0.39, 0.29) is 0 Å². The minimum absolute atomic E-state index is 0.787. The largest absolute Gasteiger partial charge is 0.379 e. The van der Waals surface area contributed by atoms with Crippen molar-refractivity contribution in [1.82, 2.24) is 25.4 Å². The van der Waals surface area contributed by atoms with Gasteiger partial charge in [0, 0.05) is 65.4 Å². The maximum atomic E-state index is 5.87. The molecule has 1 saturated heterocycles. The van der Waals surface area contributed by atoms with E-state index < -0.39 is 0 Å². The summed E-state index contributed by atoms with van der Waals surface area (Å²) in [5, 5.41) is 7.03. The highest BCUT2D eigenvalue weighted by Gasteiger charge is 2.10. The summed E-state index contributed by atoms with van der Waals surface area (Å²) in [5.74, 6) is 0. The topological polar surface area (TPSA) is 61.9 Å². The van der Waals surface area contributed by atoms with E-state index in [1.54, 1.807) is 0 Å². The fourth-order valence-electron chi connectivity index (χ4n) is 3.28. The van der Waals surface area contributed by atoms with Gasteiger partial charge in [0.05, 0.1) is 37.8 Å². The first-order chi connectivity index (χ1) is 12.9. The molecule has 3 aliphatic heterocycles. The molecule has 2 N–H and O–H groups in total. The van der Waals surface area contributed by atoms with E-state index >= 15 is 0 Å². The van der Waals surface area contributed by atoms with Crippen molar-refractivity contribution in [2.75, 3.05) is 78.8 Å². The number of rotatable bonds is 0. The van der Waals surface area contributed by atoms with Crippen LogP contribution in [0.1, 0.15) is 11.4 Å². The second-order valence-corrected chi connectivity index (χ2v) is 6.88. The number of aromatic nitrogens is 1. The Morgan fingerprint density at radius 3 is 1.62 bits per heavy atom. The molecule has 1 fully saturated rings. The van der Waals surface area contributed by atoms with Crippen molar-refractivity contribution in [3.05, 3.63) is 29.6 Å². The number of nitrogens with one attached hydrogen (secondary N) is 2. The van der Waals surface area contributed by atoms with Gasteiger partial charge in [0.15, 0.2) is 0 Å². The molecule has 0 amide bonds. The van der Waals surface area contributed by atoms with Gasteiger partial charge < -0.3 is 20.1 Å². The van der Waals surface area contributed by atoms with Crippen LogP contribution in [0, 0.1) is 0 Å². The molecule has 4 bridgehead atoms. The van der Waals surface area contributed by atoms with Crippen molar-refractivity contribution in [3.8, 4) is 0 Å². The summed E-state index contributed by atoms with van der Waals surface area (Å²) in [7, 11) is 0. The van der Waals surface area contributed by atoms with Crippen molar-refractivity contribution in [1.29, 1.82) is 0 Å². The first-order valence-electron chi connectivity index (χ1n) is 9.86. The van der Waals surface area contributed by atoms with Crippen LogP contribution in [0.3, 0.4) is 0 Å². The molecule has 146 valence electrons. The third-order valence-electron chi connectivity index (χ3n) is 4.89. The van der Waals surface area contributed by atoms with Crippen molar-refractivity contribution in [2.45, 2.75) is 13.1 Å². The normalized spacial score (nSPS) is 27.5. The minimum atomic E-state index is 0.787. The van der Waals surface area contributed by atoms with Gasteiger partial charge in [0.1, 0.15) is 0 Å². The highest BCUT2D eigenvalue weighted by Crippen LogP contribution is 2.00. The molecule has 1 aromatic rings. The molecule has 7 nitrogen and oxygen atoms in total. The van der Waals surface area contributed by atoms with E-state index in [0.29, 0.717) is 0 Å². The van der Waals surface area contributed by atoms with Crippen molar-refractivity contribution < 1.29 is 9.47 Å². The quantitative estimate of drug-likeness (QED) is 0.669. The van der Waals surface area contributed by atoms with Gasteiger partial charge in [-0.05, 0) is 12.1 Å². The monoisotopic (exact) mass is 363 g/mol. The van der Waals surface area contributed by atoms with Gasteiger partial charge in [-0.1, -0.05) is 6.07 Å². The lowest BCUT2D eigenvalue weighted by Gasteiger charge is -2.26. The van der Waals surface area contributed by atoms with Gasteiger partial charge in [0.25, 0.3) is 0 Å². The molecule has 0 radical (unpaired) electrons. The SMILES string of the molecule is c1cc2nc(c1)CNCCN1CCOCCN(CCNC2)CCOCC1. The second-order valence-electron chi connectivity index (χ2n) is 6.88. The van der Waals surface area contributed by atoms with Crippen LogP contribution < -0.4 is 10.6 Å². The lowest BCUT2D eigenvalue weighted by Crippen LogP contribution is -2.40. The molecule has 0 aromatic carbocycles. The second kappa shape index (κ2) is 11.6. The third kappa shape index (κ3) is 7.26. The molecule has 3 aliphatic rings. The first kappa shape index (κ1) is 19.7. The Morgan fingerprint density at radius 1 is 0.692 bits per heavy atom.